The highest BCUT2D eigenvalue weighted by Crippen LogP contribution is 2.08. The molecule has 0 radical (unpaired) electrons. The van der Waals surface area contributed by atoms with E-state index in [0.29, 0.717) is 43.9 Å². The molecule has 25 heavy (non-hydrogen) atoms. The maximum absolute atomic E-state index is 10.8. The van der Waals surface area contributed by atoms with Gasteiger partial charge in [-0.25, -0.2) is 4.57 Å². The van der Waals surface area contributed by atoms with Crippen LogP contribution in [0.3, 0.4) is 0 Å². The van der Waals surface area contributed by atoms with E-state index >= 15 is 0 Å². The minimum Gasteiger partial charge on any atom is -0.411 e. The fourth-order valence-corrected chi connectivity index (χ4v) is 2.11. The van der Waals surface area contributed by atoms with E-state index in [0.717, 1.165) is 19.5 Å². The SMILES string of the molecule is CCC(CNCCCNCC(CCn1ccnc1[N+](=O)[O-])=NO)=NO. The first-order chi connectivity index (χ1) is 12.1. The zero-order valence-corrected chi connectivity index (χ0v) is 14.3. The standard InChI is InChI=1S/C14H25N7O4/c1-2-12(18-22)10-15-5-3-6-16-11-13(19-23)4-8-20-9-7-17-14(20)21(24)25/h7,9,15-16,22-23H,2-6,8,10-11H2,1H3. The molecule has 0 aliphatic rings. The van der Waals surface area contributed by atoms with Gasteiger partial charge in [-0.15, -0.1) is 0 Å². The molecular weight excluding hydrogens is 330 g/mol. The molecule has 0 saturated carbocycles. The molecule has 1 heterocycles. The summed E-state index contributed by atoms with van der Waals surface area (Å²) in [7, 11) is 0. The molecule has 0 unspecified atom stereocenters. The van der Waals surface area contributed by atoms with E-state index in [1.807, 2.05) is 6.92 Å². The highest BCUT2D eigenvalue weighted by molar-refractivity contribution is 5.86. The van der Waals surface area contributed by atoms with Gasteiger partial charge in [0, 0.05) is 19.5 Å². The van der Waals surface area contributed by atoms with Gasteiger partial charge in [-0.05, 0) is 30.9 Å². The van der Waals surface area contributed by atoms with Crippen molar-refractivity contribution in [2.75, 3.05) is 26.2 Å². The van der Waals surface area contributed by atoms with Crippen molar-refractivity contribution in [1.29, 1.82) is 0 Å². The molecule has 11 heteroatoms. The van der Waals surface area contributed by atoms with Crippen LogP contribution in [0.25, 0.3) is 0 Å². The van der Waals surface area contributed by atoms with Crippen LogP contribution in [0, 0.1) is 10.1 Å². The van der Waals surface area contributed by atoms with Gasteiger partial charge in [0.25, 0.3) is 0 Å². The Morgan fingerprint density at radius 3 is 2.48 bits per heavy atom. The van der Waals surface area contributed by atoms with Crippen LogP contribution in [-0.2, 0) is 6.54 Å². The van der Waals surface area contributed by atoms with Crippen LogP contribution in [-0.4, -0.2) is 62.5 Å². The molecule has 11 nitrogen and oxygen atoms in total. The lowest BCUT2D eigenvalue weighted by molar-refractivity contribution is -0.396. The number of hydrogen-bond donors (Lipinski definition) is 4. The Balaban J connectivity index is 2.18. The number of hydrogen-bond acceptors (Lipinski definition) is 9. The minimum atomic E-state index is -0.549. The Hall–Kier alpha value is -2.53. The summed E-state index contributed by atoms with van der Waals surface area (Å²) >= 11 is 0. The highest BCUT2D eigenvalue weighted by atomic mass is 16.6. The van der Waals surface area contributed by atoms with E-state index in [9.17, 15) is 10.1 Å². The van der Waals surface area contributed by atoms with Gasteiger partial charge in [0.2, 0.25) is 0 Å². The number of nitrogens with one attached hydrogen (secondary N) is 2. The summed E-state index contributed by atoms with van der Waals surface area (Å²) in [6.45, 7) is 4.68. The Bertz CT molecular complexity index is 585. The fourth-order valence-electron chi connectivity index (χ4n) is 2.11. The lowest BCUT2D eigenvalue weighted by atomic mass is 10.2. The van der Waals surface area contributed by atoms with Crippen molar-refractivity contribution in [3.05, 3.63) is 22.5 Å². The molecule has 0 aliphatic carbocycles. The van der Waals surface area contributed by atoms with Crippen LogP contribution in [0.15, 0.2) is 22.7 Å². The van der Waals surface area contributed by atoms with E-state index in [1.165, 1.54) is 17.0 Å². The molecule has 1 rings (SSSR count). The van der Waals surface area contributed by atoms with E-state index in [1.54, 1.807) is 0 Å². The van der Waals surface area contributed by atoms with Crippen LogP contribution in [0.4, 0.5) is 5.95 Å². The van der Waals surface area contributed by atoms with Gasteiger partial charge in [-0.1, -0.05) is 22.2 Å². The van der Waals surface area contributed by atoms with E-state index in [4.69, 9.17) is 10.4 Å². The van der Waals surface area contributed by atoms with Gasteiger partial charge in [0.05, 0.1) is 18.0 Å². The zero-order chi connectivity index (χ0) is 18.5. The van der Waals surface area contributed by atoms with Crippen LogP contribution < -0.4 is 10.6 Å². The maximum atomic E-state index is 10.8. The van der Waals surface area contributed by atoms with Crippen molar-refractivity contribution < 1.29 is 15.3 Å². The van der Waals surface area contributed by atoms with E-state index < -0.39 is 4.92 Å². The second-order valence-electron chi connectivity index (χ2n) is 5.32. The molecule has 0 aliphatic heterocycles. The lowest BCUT2D eigenvalue weighted by Crippen LogP contribution is -2.29. The summed E-state index contributed by atoms with van der Waals surface area (Å²) in [6.07, 6.45) is 4.82. The van der Waals surface area contributed by atoms with Crippen molar-refractivity contribution in [2.24, 2.45) is 10.3 Å². The lowest BCUT2D eigenvalue weighted by Gasteiger charge is -2.08. The number of nitro groups is 1. The maximum Gasteiger partial charge on any atom is 0.434 e. The van der Waals surface area contributed by atoms with E-state index in [2.05, 4.69) is 25.9 Å². The average molecular weight is 355 g/mol. The van der Waals surface area contributed by atoms with Crippen LogP contribution in [0.1, 0.15) is 26.2 Å². The molecule has 0 amide bonds. The summed E-state index contributed by atoms with van der Waals surface area (Å²) < 4.78 is 1.41. The average Bonchev–Trinajstić information content (AvgIpc) is 3.09. The van der Waals surface area contributed by atoms with Gasteiger partial charge >= 0.3 is 5.95 Å². The third-order valence-corrected chi connectivity index (χ3v) is 3.55. The molecule has 0 fully saturated rings. The third kappa shape index (κ3) is 7.72. The molecule has 0 atom stereocenters. The van der Waals surface area contributed by atoms with Crippen LogP contribution >= 0.6 is 0 Å². The highest BCUT2D eigenvalue weighted by Gasteiger charge is 2.14. The Kier molecular flexibility index (Phi) is 9.78. The summed E-state index contributed by atoms with van der Waals surface area (Å²) in [5.41, 5.74) is 1.22. The summed E-state index contributed by atoms with van der Waals surface area (Å²) in [5.74, 6) is -0.228. The summed E-state index contributed by atoms with van der Waals surface area (Å²) in [4.78, 5) is 13.9. The van der Waals surface area contributed by atoms with Crippen LogP contribution in [0.2, 0.25) is 0 Å². The van der Waals surface area contributed by atoms with Crippen LogP contribution in [0.5, 0.6) is 0 Å². The number of imidazole rings is 1. The van der Waals surface area contributed by atoms with Gasteiger partial charge < -0.3 is 31.2 Å². The zero-order valence-electron chi connectivity index (χ0n) is 14.3. The summed E-state index contributed by atoms with van der Waals surface area (Å²) in [6, 6.07) is 0. The number of oxime groups is 2. The molecule has 0 bridgehead atoms. The quantitative estimate of drug-likeness (QED) is 0.134. The van der Waals surface area contributed by atoms with Gasteiger partial charge in [-0.3, -0.25) is 0 Å². The Labute approximate surface area is 145 Å². The predicted octanol–water partition coefficient (Wildman–Crippen LogP) is 0.821. The number of nitrogens with zero attached hydrogens (tertiary/aromatic N) is 5. The molecule has 140 valence electrons. The van der Waals surface area contributed by atoms with Crippen molar-refractivity contribution in [3.63, 3.8) is 0 Å². The normalized spacial score (nSPS) is 12.5. The summed E-state index contributed by atoms with van der Waals surface area (Å²) in [5, 5.41) is 41.2. The molecule has 4 N–H and O–H groups in total. The first kappa shape index (κ1) is 20.5. The molecule has 0 saturated heterocycles. The molecule has 0 spiro atoms. The first-order valence-electron chi connectivity index (χ1n) is 8.08. The monoisotopic (exact) mass is 355 g/mol. The fraction of sp³-hybridized carbons (Fsp3) is 0.643. The second kappa shape index (κ2) is 11.9. The topological polar surface area (TPSA) is 150 Å². The van der Waals surface area contributed by atoms with E-state index in [-0.39, 0.29) is 5.95 Å². The van der Waals surface area contributed by atoms with Crippen molar-refractivity contribution >= 4 is 17.4 Å². The van der Waals surface area contributed by atoms with Crippen molar-refractivity contribution in [1.82, 2.24) is 20.2 Å². The first-order valence-corrected chi connectivity index (χ1v) is 8.08. The largest absolute Gasteiger partial charge is 0.434 e. The number of aromatic nitrogens is 2. The van der Waals surface area contributed by atoms with Gasteiger partial charge in [0.1, 0.15) is 12.4 Å². The third-order valence-electron chi connectivity index (χ3n) is 3.55. The Morgan fingerprint density at radius 2 is 1.92 bits per heavy atom. The smallest absolute Gasteiger partial charge is 0.411 e. The second-order valence-corrected chi connectivity index (χ2v) is 5.32. The molecule has 0 aromatic carbocycles. The predicted molar refractivity (Wildman–Crippen MR) is 92.6 cm³/mol. The van der Waals surface area contributed by atoms with Gasteiger partial charge in [0.15, 0.2) is 0 Å². The molecule has 1 aromatic rings. The Morgan fingerprint density at radius 1 is 1.28 bits per heavy atom. The minimum absolute atomic E-state index is 0.228. The molecular formula is C14H25N7O4. The van der Waals surface area contributed by atoms with Crippen molar-refractivity contribution in [3.8, 4) is 0 Å². The van der Waals surface area contributed by atoms with Gasteiger partial charge in [-0.2, -0.15) is 0 Å². The molecule has 1 aromatic heterocycles. The number of aryl methyl sites for hydroxylation is 1. The van der Waals surface area contributed by atoms with Crippen molar-refractivity contribution in [2.45, 2.75) is 32.7 Å². The number of rotatable bonds is 13.